The predicted molar refractivity (Wildman–Crippen MR) is 141 cm³/mol. The van der Waals surface area contributed by atoms with E-state index in [2.05, 4.69) is 82.7 Å². The van der Waals surface area contributed by atoms with Crippen LogP contribution in [0.1, 0.15) is 36.5 Å². The molecule has 1 fully saturated rings. The first-order valence-electron chi connectivity index (χ1n) is 11.1. The van der Waals surface area contributed by atoms with Crippen molar-refractivity contribution >= 4 is 35.8 Å². The summed E-state index contributed by atoms with van der Waals surface area (Å²) in [4.78, 5) is 14.2. The summed E-state index contributed by atoms with van der Waals surface area (Å²) in [6.45, 7) is 10.9. The molecule has 31 heavy (non-hydrogen) atoms. The van der Waals surface area contributed by atoms with E-state index in [1.807, 2.05) is 6.20 Å². The molecule has 1 saturated heterocycles. The highest BCUT2D eigenvalue weighted by molar-refractivity contribution is 14.0. The van der Waals surface area contributed by atoms with Crippen LogP contribution in [0.15, 0.2) is 47.6 Å². The fraction of sp³-hybridized carbons (Fsp3) is 0.500. The quantitative estimate of drug-likeness (QED) is 0.233. The van der Waals surface area contributed by atoms with E-state index in [9.17, 15) is 0 Å². The Kier molecular flexibility index (Phi) is 11.1. The number of unbranched alkanes of at least 4 members (excludes halogenated alkanes) is 1. The van der Waals surface area contributed by atoms with Gasteiger partial charge in [0.15, 0.2) is 5.96 Å². The maximum atomic E-state index is 4.78. The number of anilines is 1. The van der Waals surface area contributed by atoms with Crippen LogP contribution >= 0.6 is 24.0 Å². The zero-order chi connectivity index (χ0) is 21.2. The number of hydrogen-bond donors (Lipinski definition) is 2. The summed E-state index contributed by atoms with van der Waals surface area (Å²) in [6, 6.07) is 12.9. The van der Waals surface area contributed by atoms with Crippen molar-refractivity contribution in [2.45, 2.75) is 39.8 Å². The van der Waals surface area contributed by atoms with Crippen molar-refractivity contribution in [1.29, 1.82) is 0 Å². The van der Waals surface area contributed by atoms with E-state index in [4.69, 9.17) is 4.99 Å². The lowest BCUT2D eigenvalue weighted by atomic mass is 10.1. The molecular formula is C24H37IN6. The van der Waals surface area contributed by atoms with Gasteiger partial charge in [0, 0.05) is 45.5 Å². The van der Waals surface area contributed by atoms with Gasteiger partial charge < -0.3 is 20.4 Å². The van der Waals surface area contributed by atoms with Crippen molar-refractivity contribution in [1.82, 2.24) is 20.5 Å². The second-order valence-electron chi connectivity index (χ2n) is 8.10. The number of hydrogen-bond acceptors (Lipinski definition) is 4. The van der Waals surface area contributed by atoms with Crippen LogP contribution in [-0.4, -0.2) is 55.6 Å². The molecule has 0 bridgehead atoms. The van der Waals surface area contributed by atoms with Crippen LogP contribution in [0.5, 0.6) is 0 Å². The molecule has 0 spiro atoms. The van der Waals surface area contributed by atoms with E-state index < -0.39 is 0 Å². The number of aryl methyl sites for hydroxylation is 1. The minimum atomic E-state index is 0. The number of aromatic nitrogens is 1. The van der Waals surface area contributed by atoms with Crippen molar-refractivity contribution in [3.63, 3.8) is 0 Å². The first-order chi connectivity index (χ1) is 14.6. The van der Waals surface area contributed by atoms with Crippen LogP contribution in [0, 0.1) is 6.92 Å². The zero-order valence-electron chi connectivity index (χ0n) is 19.1. The highest BCUT2D eigenvalue weighted by Gasteiger charge is 2.14. The minimum Gasteiger partial charge on any atom is -0.356 e. The summed E-state index contributed by atoms with van der Waals surface area (Å²) in [5.74, 6) is 1.92. The third kappa shape index (κ3) is 8.65. The van der Waals surface area contributed by atoms with Gasteiger partial charge >= 0.3 is 0 Å². The van der Waals surface area contributed by atoms with Crippen molar-refractivity contribution in [2.75, 3.05) is 44.7 Å². The van der Waals surface area contributed by atoms with Gasteiger partial charge in [-0.25, -0.2) is 9.98 Å². The topological polar surface area (TPSA) is 55.8 Å². The summed E-state index contributed by atoms with van der Waals surface area (Å²) < 4.78 is 0. The number of nitrogens with one attached hydrogen (secondary N) is 2. The Labute approximate surface area is 204 Å². The molecule has 7 heteroatoms. The van der Waals surface area contributed by atoms with Crippen LogP contribution in [-0.2, 0) is 13.1 Å². The molecule has 0 unspecified atom stereocenters. The summed E-state index contributed by atoms with van der Waals surface area (Å²) in [5, 5.41) is 6.90. The number of halogens is 1. The maximum Gasteiger partial charge on any atom is 0.191 e. The van der Waals surface area contributed by atoms with Gasteiger partial charge in [0.25, 0.3) is 0 Å². The molecule has 2 heterocycles. The number of aliphatic imine (C=N–C) groups is 1. The monoisotopic (exact) mass is 536 g/mol. The Balaban J connectivity index is 0.00000341. The highest BCUT2D eigenvalue weighted by atomic mass is 127. The van der Waals surface area contributed by atoms with Gasteiger partial charge in [0.05, 0.1) is 6.54 Å². The van der Waals surface area contributed by atoms with Gasteiger partial charge in [-0.3, -0.25) is 0 Å². The van der Waals surface area contributed by atoms with Gasteiger partial charge in [-0.1, -0.05) is 49.2 Å². The summed E-state index contributed by atoms with van der Waals surface area (Å²) in [5.41, 5.74) is 3.66. The Morgan fingerprint density at radius 1 is 1.00 bits per heavy atom. The molecule has 1 aliphatic heterocycles. The van der Waals surface area contributed by atoms with Crippen molar-refractivity contribution < 1.29 is 0 Å². The Morgan fingerprint density at radius 3 is 2.35 bits per heavy atom. The summed E-state index contributed by atoms with van der Waals surface area (Å²) in [6.07, 6.45) is 4.25. The van der Waals surface area contributed by atoms with E-state index in [1.165, 1.54) is 11.1 Å². The number of rotatable bonds is 8. The zero-order valence-corrected chi connectivity index (χ0v) is 21.4. The second kappa shape index (κ2) is 13.5. The number of pyridine rings is 1. The Hall–Kier alpha value is -1.87. The van der Waals surface area contributed by atoms with Gasteiger partial charge in [0.2, 0.25) is 0 Å². The molecule has 0 amide bonds. The average molecular weight is 537 g/mol. The standard InChI is InChI=1S/C24H36N6.HI/c1-4-5-12-25-24(27-17-21-8-6-20(2)7-9-21)28-19-22-10-11-23(26-18-22)30-15-13-29(3)14-16-30;/h6-11,18H,4-5,12-17,19H2,1-3H3,(H2,25,27,28);1H. The Morgan fingerprint density at radius 2 is 1.71 bits per heavy atom. The van der Waals surface area contributed by atoms with Crippen LogP contribution in [0.25, 0.3) is 0 Å². The van der Waals surface area contributed by atoms with Crippen molar-refractivity contribution in [3.8, 4) is 0 Å². The average Bonchev–Trinajstić information content (AvgIpc) is 2.77. The van der Waals surface area contributed by atoms with Gasteiger partial charge in [-0.15, -0.1) is 24.0 Å². The van der Waals surface area contributed by atoms with Gasteiger partial charge in [-0.05, 0) is 37.6 Å². The maximum absolute atomic E-state index is 4.78. The molecule has 3 rings (SSSR count). The normalized spacial score (nSPS) is 14.8. The molecule has 2 aromatic rings. The largest absolute Gasteiger partial charge is 0.356 e. The number of benzene rings is 1. The second-order valence-corrected chi connectivity index (χ2v) is 8.10. The van der Waals surface area contributed by atoms with E-state index in [0.29, 0.717) is 6.54 Å². The van der Waals surface area contributed by atoms with Crippen LogP contribution in [0.4, 0.5) is 5.82 Å². The third-order valence-corrected chi connectivity index (χ3v) is 5.46. The first kappa shape index (κ1) is 25.4. The van der Waals surface area contributed by atoms with Crippen LogP contribution in [0.2, 0.25) is 0 Å². The van der Waals surface area contributed by atoms with Gasteiger partial charge in [-0.2, -0.15) is 0 Å². The van der Waals surface area contributed by atoms with E-state index >= 15 is 0 Å². The lowest BCUT2D eigenvalue weighted by Crippen LogP contribution is -2.44. The summed E-state index contributed by atoms with van der Waals surface area (Å²) >= 11 is 0. The molecule has 170 valence electrons. The van der Waals surface area contributed by atoms with Crippen LogP contribution in [0.3, 0.4) is 0 Å². The van der Waals surface area contributed by atoms with E-state index in [-0.39, 0.29) is 24.0 Å². The molecule has 1 aliphatic rings. The number of piperazine rings is 1. The summed E-state index contributed by atoms with van der Waals surface area (Å²) in [7, 11) is 2.17. The molecule has 0 radical (unpaired) electrons. The number of guanidine groups is 1. The SMILES string of the molecule is CCCCNC(=NCc1ccc(N2CCN(C)CC2)nc1)NCc1ccc(C)cc1.I. The highest BCUT2D eigenvalue weighted by Crippen LogP contribution is 2.14. The molecule has 6 nitrogen and oxygen atoms in total. The van der Waals surface area contributed by atoms with Gasteiger partial charge in [0.1, 0.15) is 5.82 Å². The minimum absolute atomic E-state index is 0. The first-order valence-corrected chi connectivity index (χ1v) is 11.1. The number of likely N-dealkylation sites (N-methyl/N-ethyl adjacent to an activating group) is 1. The third-order valence-electron chi connectivity index (χ3n) is 5.46. The van der Waals surface area contributed by atoms with E-state index in [0.717, 1.165) is 69.5 Å². The lowest BCUT2D eigenvalue weighted by molar-refractivity contribution is 0.312. The molecule has 0 aliphatic carbocycles. The molecule has 2 N–H and O–H groups in total. The fourth-order valence-electron chi connectivity index (χ4n) is 3.35. The van der Waals surface area contributed by atoms with Crippen LogP contribution < -0.4 is 15.5 Å². The molecule has 0 atom stereocenters. The fourth-order valence-corrected chi connectivity index (χ4v) is 3.35. The molecule has 1 aromatic carbocycles. The molecule has 0 saturated carbocycles. The molecular weight excluding hydrogens is 499 g/mol. The van der Waals surface area contributed by atoms with E-state index in [1.54, 1.807) is 0 Å². The number of nitrogens with zero attached hydrogens (tertiary/aromatic N) is 4. The van der Waals surface area contributed by atoms with Crippen molar-refractivity contribution in [2.24, 2.45) is 4.99 Å². The smallest absolute Gasteiger partial charge is 0.191 e. The molecule has 1 aromatic heterocycles. The Bertz CT molecular complexity index is 783. The van der Waals surface area contributed by atoms with Crippen molar-refractivity contribution in [3.05, 3.63) is 59.3 Å². The lowest BCUT2D eigenvalue weighted by Gasteiger charge is -2.33. The predicted octanol–water partition coefficient (Wildman–Crippen LogP) is 3.80.